The number of hydrogen-bond donors (Lipinski definition) is 1. The van der Waals surface area contributed by atoms with Crippen LogP contribution in [0, 0.1) is 5.92 Å². The van der Waals surface area contributed by atoms with Gasteiger partial charge in [0, 0.05) is 12.3 Å². The number of para-hydroxylation sites is 1. The van der Waals surface area contributed by atoms with Gasteiger partial charge in [0.2, 0.25) is 5.95 Å². The summed E-state index contributed by atoms with van der Waals surface area (Å²) in [7, 11) is -3.29. The van der Waals surface area contributed by atoms with Crippen molar-refractivity contribution in [1.29, 1.82) is 0 Å². The SMILES string of the molecule is CC(C1CC1)n1c(N)nc2c(S(C)(=O)=O)cccc21. The van der Waals surface area contributed by atoms with Crippen molar-refractivity contribution in [2.45, 2.75) is 30.7 Å². The number of nitrogen functional groups attached to an aromatic ring is 1. The van der Waals surface area contributed by atoms with Crippen molar-refractivity contribution in [3.8, 4) is 0 Å². The molecule has 2 N–H and O–H groups in total. The van der Waals surface area contributed by atoms with Crippen LogP contribution in [0.4, 0.5) is 5.95 Å². The van der Waals surface area contributed by atoms with Crippen molar-refractivity contribution in [2.75, 3.05) is 12.0 Å². The maximum absolute atomic E-state index is 11.8. The molecule has 2 aromatic rings. The first kappa shape index (κ1) is 12.5. The van der Waals surface area contributed by atoms with Crippen LogP contribution in [0.1, 0.15) is 25.8 Å². The number of aromatic nitrogens is 2. The van der Waals surface area contributed by atoms with Gasteiger partial charge in [-0.15, -0.1) is 0 Å². The van der Waals surface area contributed by atoms with Crippen molar-refractivity contribution >= 4 is 26.8 Å². The molecule has 1 aromatic heterocycles. The molecule has 1 atom stereocenters. The Morgan fingerprint density at radius 3 is 2.68 bits per heavy atom. The predicted octanol–water partition coefficient (Wildman–Crippen LogP) is 1.99. The quantitative estimate of drug-likeness (QED) is 0.932. The lowest BCUT2D eigenvalue weighted by atomic mass is 10.2. The van der Waals surface area contributed by atoms with Crippen LogP contribution in [-0.2, 0) is 9.84 Å². The van der Waals surface area contributed by atoms with E-state index in [9.17, 15) is 8.42 Å². The Hall–Kier alpha value is -1.56. The van der Waals surface area contributed by atoms with E-state index < -0.39 is 9.84 Å². The normalized spacial score (nSPS) is 17.8. The number of hydrogen-bond acceptors (Lipinski definition) is 4. The van der Waals surface area contributed by atoms with Gasteiger partial charge in [-0.05, 0) is 37.8 Å². The molecule has 1 saturated carbocycles. The summed E-state index contributed by atoms with van der Waals surface area (Å²) in [6.45, 7) is 2.11. The molecule has 19 heavy (non-hydrogen) atoms. The van der Waals surface area contributed by atoms with Crippen LogP contribution in [0.2, 0.25) is 0 Å². The van der Waals surface area contributed by atoms with E-state index >= 15 is 0 Å². The largest absolute Gasteiger partial charge is 0.369 e. The smallest absolute Gasteiger partial charge is 0.201 e. The summed E-state index contributed by atoms with van der Waals surface area (Å²) in [6.07, 6.45) is 3.60. The molecule has 1 aliphatic carbocycles. The molecule has 1 heterocycles. The van der Waals surface area contributed by atoms with Gasteiger partial charge < -0.3 is 10.3 Å². The van der Waals surface area contributed by atoms with E-state index in [2.05, 4.69) is 11.9 Å². The lowest BCUT2D eigenvalue weighted by Crippen LogP contribution is -2.10. The number of anilines is 1. The lowest BCUT2D eigenvalue weighted by molar-refractivity contribution is 0.504. The van der Waals surface area contributed by atoms with Gasteiger partial charge in [-0.2, -0.15) is 0 Å². The highest BCUT2D eigenvalue weighted by Gasteiger charge is 2.31. The minimum Gasteiger partial charge on any atom is -0.369 e. The highest BCUT2D eigenvalue weighted by molar-refractivity contribution is 7.91. The fourth-order valence-electron chi connectivity index (χ4n) is 2.63. The predicted molar refractivity (Wildman–Crippen MR) is 74.7 cm³/mol. The summed E-state index contributed by atoms with van der Waals surface area (Å²) in [5.41, 5.74) is 7.28. The molecule has 1 unspecified atom stereocenters. The van der Waals surface area contributed by atoms with E-state index in [-0.39, 0.29) is 10.9 Å². The Morgan fingerprint density at radius 2 is 2.11 bits per heavy atom. The number of nitrogens with two attached hydrogens (primary N) is 1. The monoisotopic (exact) mass is 279 g/mol. The van der Waals surface area contributed by atoms with Crippen LogP contribution in [-0.4, -0.2) is 24.2 Å². The molecule has 1 aromatic carbocycles. The van der Waals surface area contributed by atoms with Crippen LogP contribution >= 0.6 is 0 Å². The highest BCUT2D eigenvalue weighted by atomic mass is 32.2. The summed E-state index contributed by atoms with van der Waals surface area (Å²) < 4.78 is 25.5. The first-order chi connectivity index (χ1) is 8.89. The van der Waals surface area contributed by atoms with Gasteiger partial charge in [0.05, 0.1) is 10.4 Å². The second-order valence-corrected chi connectivity index (χ2v) is 7.30. The van der Waals surface area contributed by atoms with E-state index in [4.69, 9.17) is 5.73 Å². The number of nitrogens with zero attached hydrogens (tertiary/aromatic N) is 2. The Kier molecular flexibility index (Phi) is 2.60. The average Bonchev–Trinajstić information content (AvgIpc) is 3.09. The topological polar surface area (TPSA) is 78.0 Å². The van der Waals surface area contributed by atoms with Crippen LogP contribution in [0.5, 0.6) is 0 Å². The summed E-state index contributed by atoms with van der Waals surface area (Å²) in [6, 6.07) is 5.47. The maximum Gasteiger partial charge on any atom is 0.201 e. The Labute approximate surface area is 112 Å². The second kappa shape index (κ2) is 3.96. The molecule has 1 fully saturated rings. The highest BCUT2D eigenvalue weighted by Crippen LogP contribution is 2.42. The molecule has 0 saturated heterocycles. The van der Waals surface area contributed by atoms with Gasteiger partial charge in [0.1, 0.15) is 5.52 Å². The summed E-state index contributed by atoms with van der Waals surface area (Å²) in [5.74, 6) is 1.02. The average molecular weight is 279 g/mol. The van der Waals surface area contributed by atoms with Gasteiger partial charge in [-0.3, -0.25) is 0 Å². The molecule has 5 nitrogen and oxygen atoms in total. The molecule has 0 aliphatic heterocycles. The van der Waals surface area contributed by atoms with Crippen molar-refractivity contribution in [1.82, 2.24) is 9.55 Å². The zero-order valence-corrected chi connectivity index (χ0v) is 11.8. The van der Waals surface area contributed by atoms with E-state index in [1.807, 2.05) is 10.6 Å². The summed E-state index contributed by atoms with van der Waals surface area (Å²) >= 11 is 0. The molecule has 0 spiro atoms. The van der Waals surface area contributed by atoms with Gasteiger partial charge >= 0.3 is 0 Å². The maximum atomic E-state index is 11.8. The minimum atomic E-state index is -3.29. The molecule has 6 heteroatoms. The molecule has 0 radical (unpaired) electrons. The van der Waals surface area contributed by atoms with Crippen LogP contribution in [0.25, 0.3) is 11.0 Å². The minimum absolute atomic E-state index is 0.249. The number of benzene rings is 1. The van der Waals surface area contributed by atoms with Gasteiger partial charge in [0.15, 0.2) is 9.84 Å². The lowest BCUT2D eigenvalue weighted by Gasteiger charge is -2.15. The van der Waals surface area contributed by atoms with Crippen LogP contribution in [0.3, 0.4) is 0 Å². The molecule has 0 amide bonds. The molecular formula is C13H17N3O2S. The van der Waals surface area contributed by atoms with E-state index in [1.165, 1.54) is 19.1 Å². The van der Waals surface area contributed by atoms with Crippen LogP contribution in [0.15, 0.2) is 23.1 Å². The number of fused-ring (bicyclic) bond motifs is 1. The van der Waals surface area contributed by atoms with E-state index in [1.54, 1.807) is 12.1 Å². The number of sulfone groups is 1. The van der Waals surface area contributed by atoms with Crippen LogP contribution < -0.4 is 5.73 Å². The molecule has 0 bridgehead atoms. The Bertz CT molecular complexity index is 745. The van der Waals surface area contributed by atoms with Crippen molar-refractivity contribution in [3.63, 3.8) is 0 Å². The fraction of sp³-hybridized carbons (Fsp3) is 0.462. The van der Waals surface area contributed by atoms with Gasteiger partial charge in [-0.1, -0.05) is 6.07 Å². The fourth-order valence-corrected chi connectivity index (χ4v) is 3.45. The standard InChI is InChI=1S/C13H17N3O2S/c1-8(9-6-7-9)16-10-4-3-5-11(19(2,17)18)12(10)15-13(16)14/h3-5,8-9H,6-7H2,1-2H3,(H2,14,15). The molecular weight excluding hydrogens is 262 g/mol. The zero-order chi connectivity index (χ0) is 13.8. The zero-order valence-electron chi connectivity index (χ0n) is 11.0. The molecule has 3 rings (SSSR count). The molecule has 1 aliphatic rings. The Balaban J connectivity index is 2.28. The van der Waals surface area contributed by atoms with Gasteiger partial charge in [0.25, 0.3) is 0 Å². The number of imidazole rings is 1. The first-order valence-corrected chi connectivity index (χ1v) is 8.25. The number of rotatable bonds is 3. The van der Waals surface area contributed by atoms with Crippen molar-refractivity contribution < 1.29 is 8.42 Å². The summed E-state index contributed by atoms with van der Waals surface area (Å²) in [4.78, 5) is 4.52. The summed E-state index contributed by atoms with van der Waals surface area (Å²) in [5, 5.41) is 0. The van der Waals surface area contributed by atoms with E-state index in [0.29, 0.717) is 17.4 Å². The third-order valence-corrected chi connectivity index (χ3v) is 4.95. The van der Waals surface area contributed by atoms with Crippen molar-refractivity contribution in [2.24, 2.45) is 5.92 Å². The molecule has 102 valence electrons. The van der Waals surface area contributed by atoms with Crippen molar-refractivity contribution in [3.05, 3.63) is 18.2 Å². The Morgan fingerprint density at radius 1 is 1.42 bits per heavy atom. The van der Waals surface area contributed by atoms with E-state index in [0.717, 1.165) is 5.52 Å². The third-order valence-electron chi connectivity index (χ3n) is 3.82. The third kappa shape index (κ3) is 2.00. The first-order valence-electron chi connectivity index (χ1n) is 6.36. The second-order valence-electron chi connectivity index (χ2n) is 5.31. The van der Waals surface area contributed by atoms with Gasteiger partial charge in [-0.25, -0.2) is 13.4 Å².